The first-order chi connectivity index (χ1) is 8.63. The predicted molar refractivity (Wildman–Crippen MR) is 62.7 cm³/mol. The van der Waals surface area contributed by atoms with E-state index in [4.69, 9.17) is 5.21 Å². The second-order valence-electron chi connectivity index (χ2n) is 5.03. The Kier molecular flexibility index (Phi) is 2.36. The van der Waals surface area contributed by atoms with E-state index in [1.54, 1.807) is 11.5 Å². The SMILES string of the molecule is Cc1ncc([N+](=O)[O-])n1C1C(=NO)C2CCC1C2. The van der Waals surface area contributed by atoms with Crippen LogP contribution in [0.5, 0.6) is 0 Å². The molecule has 7 nitrogen and oxygen atoms in total. The number of aromatic nitrogens is 2. The molecule has 1 heterocycles. The van der Waals surface area contributed by atoms with Crippen LogP contribution in [0.4, 0.5) is 5.82 Å². The van der Waals surface area contributed by atoms with E-state index in [0.717, 1.165) is 19.3 Å². The Bertz CT molecular complexity index is 536. The number of fused-ring (bicyclic) bond motifs is 2. The lowest BCUT2D eigenvalue weighted by Crippen LogP contribution is -2.27. The molecule has 2 aliphatic carbocycles. The monoisotopic (exact) mass is 250 g/mol. The first kappa shape index (κ1) is 11.2. The molecule has 3 unspecified atom stereocenters. The summed E-state index contributed by atoms with van der Waals surface area (Å²) in [5.74, 6) is 1.17. The average molecular weight is 250 g/mol. The van der Waals surface area contributed by atoms with Crippen LogP contribution in [0.15, 0.2) is 11.4 Å². The predicted octanol–water partition coefficient (Wildman–Crippen LogP) is 1.90. The van der Waals surface area contributed by atoms with Crippen molar-refractivity contribution in [1.82, 2.24) is 9.55 Å². The average Bonchev–Trinajstić information content (AvgIpc) is 3.00. The Morgan fingerprint density at radius 1 is 1.61 bits per heavy atom. The zero-order chi connectivity index (χ0) is 12.9. The zero-order valence-corrected chi connectivity index (χ0v) is 9.98. The maximum Gasteiger partial charge on any atom is 0.343 e. The Morgan fingerprint density at radius 2 is 2.39 bits per heavy atom. The summed E-state index contributed by atoms with van der Waals surface area (Å²) in [5, 5.41) is 23.6. The topological polar surface area (TPSA) is 93.5 Å². The van der Waals surface area contributed by atoms with Crippen LogP contribution in [0, 0.1) is 28.9 Å². The van der Waals surface area contributed by atoms with Gasteiger partial charge >= 0.3 is 5.82 Å². The van der Waals surface area contributed by atoms with E-state index in [9.17, 15) is 10.1 Å². The molecule has 2 bridgehead atoms. The first-order valence-electron chi connectivity index (χ1n) is 6.03. The van der Waals surface area contributed by atoms with Gasteiger partial charge in [-0.15, -0.1) is 0 Å². The molecule has 2 saturated carbocycles. The van der Waals surface area contributed by atoms with Crippen LogP contribution in [0.25, 0.3) is 0 Å². The van der Waals surface area contributed by atoms with Crippen LogP contribution < -0.4 is 0 Å². The smallest absolute Gasteiger partial charge is 0.343 e. The third kappa shape index (κ3) is 1.36. The van der Waals surface area contributed by atoms with Crippen molar-refractivity contribution in [3.63, 3.8) is 0 Å². The Balaban J connectivity index is 2.10. The van der Waals surface area contributed by atoms with Gasteiger partial charge in [-0.3, -0.25) is 0 Å². The lowest BCUT2D eigenvalue weighted by Gasteiger charge is -2.21. The molecule has 3 rings (SSSR count). The summed E-state index contributed by atoms with van der Waals surface area (Å²) < 4.78 is 1.61. The number of oxime groups is 1. The Hall–Kier alpha value is -1.92. The van der Waals surface area contributed by atoms with Crippen LogP contribution in [0.2, 0.25) is 0 Å². The van der Waals surface area contributed by atoms with Crippen LogP contribution >= 0.6 is 0 Å². The van der Waals surface area contributed by atoms with Crippen molar-refractivity contribution in [1.29, 1.82) is 0 Å². The Labute approximate surface area is 103 Å². The van der Waals surface area contributed by atoms with Gasteiger partial charge in [-0.05, 0) is 24.2 Å². The van der Waals surface area contributed by atoms with Gasteiger partial charge in [0.1, 0.15) is 18.0 Å². The van der Waals surface area contributed by atoms with E-state index in [1.807, 2.05) is 0 Å². The van der Waals surface area contributed by atoms with E-state index < -0.39 is 4.92 Å². The number of nitro groups is 1. The molecule has 96 valence electrons. The van der Waals surface area contributed by atoms with Crippen LogP contribution in [0.1, 0.15) is 31.1 Å². The highest BCUT2D eigenvalue weighted by Crippen LogP contribution is 2.50. The number of nitrogens with zero attached hydrogens (tertiary/aromatic N) is 4. The third-order valence-corrected chi connectivity index (χ3v) is 4.18. The molecule has 1 aromatic heterocycles. The molecule has 7 heteroatoms. The molecule has 1 N–H and O–H groups in total. The number of hydrogen-bond acceptors (Lipinski definition) is 5. The van der Waals surface area contributed by atoms with Crippen molar-refractivity contribution < 1.29 is 10.1 Å². The highest BCUT2D eigenvalue weighted by atomic mass is 16.6. The van der Waals surface area contributed by atoms with Crippen molar-refractivity contribution in [2.45, 2.75) is 32.2 Å². The lowest BCUT2D eigenvalue weighted by atomic mass is 9.93. The second kappa shape index (κ2) is 3.79. The van der Waals surface area contributed by atoms with Gasteiger partial charge in [0, 0.05) is 18.8 Å². The molecule has 0 aliphatic heterocycles. The molecule has 0 spiro atoms. The van der Waals surface area contributed by atoms with Gasteiger partial charge in [-0.2, -0.15) is 0 Å². The van der Waals surface area contributed by atoms with Gasteiger partial charge < -0.3 is 15.3 Å². The number of imidazole rings is 1. The molecule has 0 aromatic carbocycles. The van der Waals surface area contributed by atoms with Crippen molar-refractivity contribution in [3.8, 4) is 0 Å². The maximum atomic E-state index is 11.0. The fraction of sp³-hybridized carbons (Fsp3) is 0.636. The standard InChI is InChI=1S/C11H14N4O3/c1-6-12-5-9(15(17)18)14(6)11-8-3-2-7(4-8)10(11)13-16/h5,7-8,11,16H,2-4H2,1H3. The van der Waals surface area contributed by atoms with Crippen LogP contribution in [0.3, 0.4) is 0 Å². The van der Waals surface area contributed by atoms with E-state index in [2.05, 4.69) is 10.1 Å². The normalized spacial score (nSPS) is 32.3. The summed E-state index contributed by atoms with van der Waals surface area (Å²) >= 11 is 0. The summed E-state index contributed by atoms with van der Waals surface area (Å²) in [6, 6.07) is -0.198. The molecule has 0 saturated heterocycles. The molecule has 0 amide bonds. The minimum Gasteiger partial charge on any atom is -0.411 e. The first-order valence-corrected chi connectivity index (χ1v) is 6.03. The van der Waals surface area contributed by atoms with Crippen molar-refractivity contribution in [2.24, 2.45) is 17.0 Å². The molecule has 3 atom stereocenters. The van der Waals surface area contributed by atoms with Gasteiger partial charge in [0.15, 0.2) is 5.82 Å². The van der Waals surface area contributed by atoms with E-state index in [-0.39, 0.29) is 17.8 Å². The highest BCUT2D eigenvalue weighted by molar-refractivity contribution is 5.93. The van der Waals surface area contributed by atoms with E-state index in [1.165, 1.54) is 6.20 Å². The summed E-state index contributed by atoms with van der Waals surface area (Å²) in [7, 11) is 0. The Morgan fingerprint density at radius 3 is 3.06 bits per heavy atom. The van der Waals surface area contributed by atoms with Gasteiger partial charge in [0.05, 0.1) is 0 Å². The molecule has 0 radical (unpaired) electrons. The maximum absolute atomic E-state index is 11.0. The fourth-order valence-corrected chi connectivity index (χ4v) is 3.46. The van der Waals surface area contributed by atoms with Crippen LogP contribution in [-0.2, 0) is 0 Å². The quantitative estimate of drug-likeness (QED) is 0.492. The summed E-state index contributed by atoms with van der Waals surface area (Å²) in [5.41, 5.74) is 0.676. The number of hydrogen-bond donors (Lipinski definition) is 1. The molecule has 18 heavy (non-hydrogen) atoms. The minimum atomic E-state index is -0.430. The lowest BCUT2D eigenvalue weighted by molar-refractivity contribution is -0.392. The third-order valence-electron chi connectivity index (χ3n) is 4.18. The molecular weight excluding hydrogens is 236 g/mol. The van der Waals surface area contributed by atoms with Crippen LogP contribution in [-0.4, -0.2) is 25.4 Å². The van der Waals surface area contributed by atoms with Crippen molar-refractivity contribution in [2.75, 3.05) is 0 Å². The zero-order valence-electron chi connectivity index (χ0n) is 9.98. The number of aryl methyl sites for hydroxylation is 1. The molecule has 2 aliphatic rings. The van der Waals surface area contributed by atoms with Gasteiger partial charge in [0.2, 0.25) is 0 Å². The van der Waals surface area contributed by atoms with Crippen molar-refractivity contribution in [3.05, 3.63) is 22.1 Å². The summed E-state index contributed by atoms with van der Waals surface area (Å²) in [4.78, 5) is 14.6. The second-order valence-corrected chi connectivity index (χ2v) is 5.03. The molecule has 1 aromatic rings. The number of rotatable bonds is 2. The van der Waals surface area contributed by atoms with Gasteiger partial charge in [0.25, 0.3) is 0 Å². The summed E-state index contributed by atoms with van der Waals surface area (Å²) in [6.45, 7) is 1.74. The van der Waals surface area contributed by atoms with Gasteiger partial charge in [-0.1, -0.05) is 5.16 Å². The summed E-state index contributed by atoms with van der Waals surface area (Å²) in [6.07, 6.45) is 4.28. The minimum absolute atomic E-state index is 0.0220. The van der Waals surface area contributed by atoms with E-state index in [0.29, 0.717) is 17.5 Å². The highest BCUT2D eigenvalue weighted by Gasteiger charge is 2.50. The molecular formula is C11H14N4O3. The fourth-order valence-electron chi connectivity index (χ4n) is 3.46. The van der Waals surface area contributed by atoms with E-state index >= 15 is 0 Å². The van der Waals surface area contributed by atoms with Crippen molar-refractivity contribution >= 4 is 11.5 Å². The largest absolute Gasteiger partial charge is 0.411 e. The van der Waals surface area contributed by atoms with Gasteiger partial charge in [-0.25, -0.2) is 9.55 Å². The molecule has 2 fully saturated rings.